The maximum absolute atomic E-state index is 12.9. The zero-order chi connectivity index (χ0) is 21.9. The molecule has 0 bridgehead atoms. The molecule has 158 valence electrons. The molecule has 1 aromatic carbocycles. The van der Waals surface area contributed by atoms with Crippen LogP contribution in [0.1, 0.15) is 56.0 Å². The highest BCUT2D eigenvalue weighted by Crippen LogP contribution is 2.37. The normalized spacial score (nSPS) is 17.0. The van der Waals surface area contributed by atoms with Gasteiger partial charge in [0.05, 0.1) is 0 Å². The van der Waals surface area contributed by atoms with E-state index in [-0.39, 0.29) is 0 Å². The zero-order valence-corrected chi connectivity index (χ0v) is 17.5. The molecule has 3 nitrogen and oxygen atoms in total. The van der Waals surface area contributed by atoms with E-state index in [0.717, 1.165) is 42.0 Å². The molecule has 0 saturated heterocycles. The molecule has 0 fully saturated rings. The standard InChI is InChI=1S/C24H26F3N3/c1-4-19(22(13-28)29-5-2)21-12-18(11-16-7-6-15(3)10-20(16)21)17-8-9-23(30-14-17)24(25,26)27/h8-9,11-12,14-15,29H,4-7,10H2,1-3H3/b22-19+. The largest absolute Gasteiger partial charge is 0.433 e. The quantitative estimate of drug-likeness (QED) is 0.599. The van der Waals surface area contributed by atoms with Crippen LogP contribution in [0.3, 0.4) is 0 Å². The first kappa shape index (κ1) is 21.9. The van der Waals surface area contributed by atoms with E-state index < -0.39 is 11.9 Å². The molecule has 0 saturated carbocycles. The molecule has 0 amide bonds. The first-order valence-corrected chi connectivity index (χ1v) is 10.3. The van der Waals surface area contributed by atoms with Crippen LogP contribution in [0.4, 0.5) is 13.2 Å². The number of allylic oxidation sites excluding steroid dienone is 2. The third-order valence-corrected chi connectivity index (χ3v) is 5.63. The van der Waals surface area contributed by atoms with E-state index in [9.17, 15) is 18.4 Å². The first-order valence-electron chi connectivity index (χ1n) is 10.3. The van der Waals surface area contributed by atoms with Crippen LogP contribution in [0.25, 0.3) is 16.7 Å². The molecule has 0 radical (unpaired) electrons. The Hall–Kier alpha value is -2.81. The first-order chi connectivity index (χ1) is 14.3. The van der Waals surface area contributed by atoms with Crippen LogP contribution in [0, 0.1) is 17.2 Å². The van der Waals surface area contributed by atoms with Crippen LogP contribution in [0.5, 0.6) is 0 Å². The highest BCUT2D eigenvalue weighted by Gasteiger charge is 2.32. The van der Waals surface area contributed by atoms with Gasteiger partial charge in [0.15, 0.2) is 0 Å². The number of hydrogen-bond acceptors (Lipinski definition) is 3. The Bertz CT molecular complexity index is 982. The molecule has 30 heavy (non-hydrogen) atoms. The fourth-order valence-electron chi connectivity index (χ4n) is 4.11. The van der Waals surface area contributed by atoms with E-state index >= 15 is 0 Å². The fraction of sp³-hybridized carbons (Fsp3) is 0.417. The van der Waals surface area contributed by atoms with Crippen molar-refractivity contribution in [2.75, 3.05) is 6.54 Å². The number of fused-ring (bicyclic) bond motifs is 1. The maximum Gasteiger partial charge on any atom is 0.433 e. The molecular weight excluding hydrogens is 387 g/mol. The van der Waals surface area contributed by atoms with Crippen molar-refractivity contribution in [2.45, 2.75) is 52.6 Å². The number of halogens is 3. The predicted octanol–water partition coefficient (Wildman–Crippen LogP) is 6.15. The molecule has 6 heteroatoms. The monoisotopic (exact) mass is 413 g/mol. The summed E-state index contributed by atoms with van der Waals surface area (Å²) < 4.78 is 38.7. The Morgan fingerprint density at radius 2 is 2.00 bits per heavy atom. The van der Waals surface area contributed by atoms with Crippen molar-refractivity contribution < 1.29 is 13.2 Å². The fourth-order valence-corrected chi connectivity index (χ4v) is 4.11. The van der Waals surface area contributed by atoms with Gasteiger partial charge in [-0.2, -0.15) is 18.4 Å². The number of nitriles is 1. The van der Waals surface area contributed by atoms with Crippen molar-refractivity contribution in [2.24, 2.45) is 5.92 Å². The van der Waals surface area contributed by atoms with Gasteiger partial charge >= 0.3 is 6.18 Å². The summed E-state index contributed by atoms with van der Waals surface area (Å²) in [6.45, 7) is 6.85. The lowest BCUT2D eigenvalue weighted by molar-refractivity contribution is -0.141. The maximum atomic E-state index is 12.9. The van der Waals surface area contributed by atoms with Gasteiger partial charge in [-0.1, -0.05) is 26.0 Å². The minimum absolute atomic E-state index is 0.553. The van der Waals surface area contributed by atoms with E-state index in [1.54, 1.807) is 0 Å². The summed E-state index contributed by atoms with van der Waals surface area (Å²) in [7, 11) is 0. The van der Waals surface area contributed by atoms with Crippen molar-refractivity contribution in [1.82, 2.24) is 10.3 Å². The third-order valence-electron chi connectivity index (χ3n) is 5.63. The lowest BCUT2D eigenvalue weighted by Gasteiger charge is -2.27. The molecule has 1 unspecified atom stereocenters. The highest BCUT2D eigenvalue weighted by molar-refractivity contribution is 5.79. The van der Waals surface area contributed by atoms with Crippen molar-refractivity contribution in [1.29, 1.82) is 5.26 Å². The van der Waals surface area contributed by atoms with E-state index in [4.69, 9.17) is 0 Å². The van der Waals surface area contributed by atoms with Crippen LogP contribution < -0.4 is 5.32 Å². The third kappa shape index (κ3) is 4.51. The number of aryl methyl sites for hydroxylation is 1. The Labute approximate surface area is 175 Å². The van der Waals surface area contributed by atoms with Gasteiger partial charge < -0.3 is 5.32 Å². The number of benzene rings is 1. The van der Waals surface area contributed by atoms with Crippen LogP contribution >= 0.6 is 0 Å². The molecule has 1 aliphatic carbocycles. The van der Waals surface area contributed by atoms with Gasteiger partial charge in [0.1, 0.15) is 17.5 Å². The van der Waals surface area contributed by atoms with Gasteiger partial charge in [0, 0.05) is 18.3 Å². The molecule has 2 aromatic rings. The van der Waals surface area contributed by atoms with Gasteiger partial charge in [-0.3, -0.25) is 4.98 Å². The van der Waals surface area contributed by atoms with Gasteiger partial charge in [-0.05, 0) is 78.5 Å². The zero-order valence-electron chi connectivity index (χ0n) is 17.5. The second-order valence-corrected chi connectivity index (χ2v) is 7.79. The average molecular weight is 413 g/mol. The van der Waals surface area contributed by atoms with Crippen molar-refractivity contribution >= 4 is 5.57 Å². The summed E-state index contributed by atoms with van der Waals surface area (Å²) in [6.07, 6.45) is 0.442. The summed E-state index contributed by atoms with van der Waals surface area (Å²) in [4.78, 5) is 3.62. The van der Waals surface area contributed by atoms with Gasteiger partial charge in [-0.15, -0.1) is 0 Å². The van der Waals surface area contributed by atoms with Crippen molar-refractivity contribution in [3.8, 4) is 17.2 Å². The molecule has 1 heterocycles. The SMILES string of the molecule is CCN/C(C#N)=C(\CC)c1cc(-c2ccc(C(F)(F)F)nc2)cc2c1CC(C)CC2. The van der Waals surface area contributed by atoms with E-state index in [1.165, 1.54) is 23.4 Å². The number of alkyl halides is 3. The minimum atomic E-state index is -4.46. The topological polar surface area (TPSA) is 48.7 Å². The molecule has 1 atom stereocenters. The second-order valence-electron chi connectivity index (χ2n) is 7.79. The summed E-state index contributed by atoms with van der Waals surface area (Å²) in [5.41, 5.74) is 5.57. The Kier molecular flexibility index (Phi) is 6.50. The van der Waals surface area contributed by atoms with E-state index in [1.807, 2.05) is 19.9 Å². The number of nitrogens with zero attached hydrogens (tertiary/aromatic N) is 2. The van der Waals surface area contributed by atoms with Crippen molar-refractivity contribution in [3.05, 3.63) is 58.5 Å². The Morgan fingerprint density at radius 3 is 2.57 bits per heavy atom. The minimum Gasteiger partial charge on any atom is -0.377 e. The summed E-state index contributed by atoms with van der Waals surface area (Å²) in [6, 6.07) is 8.85. The summed E-state index contributed by atoms with van der Waals surface area (Å²) in [5.74, 6) is 0.553. The second kappa shape index (κ2) is 8.91. The Morgan fingerprint density at radius 1 is 1.23 bits per heavy atom. The molecule has 1 N–H and O–H groups in total. The van der Waals surface area contributed by atoms with Gasteiger partial charge in [0.25, 0.3) is 0 Å². The van der Waals surface area contributed by atoms with E-state index in [0.29, 0.717) is 30.1 Å². The van der Waals surface area contributed by atoms with Crippen LogP contribution in [-0.2, 0) is 19.0 Å². The lowest BCUT2D eigenvalue weighted by Crippen LogP contribution is -2.17. The predicted molar refractivity (Wildman–Crippen MR) is 112 cm³/mol. The smallest absolute Gasteiger partial charge is 0.377 e. The molecule has 1 aliphatic rings. The molecule has 0 aliphatic heterocycles. The summed E-state index contributed by atoms with van der Waals surface area (Å²) >= 11 is 0. The van der Waals surface area contributed by atoms with Gasteiger partial charge in [-0.25, -0.2) is 0 Å². The number of rotatable bonds is 5. The molecule has 0 spiro atoms. The average Bonchev–Trinajstić information content (AvgIpc) is 2.73. The number of hydrogen-bond donors (Lipinski definition) is 1. The van der Waals surface area contributed by atoms with Crippen LogP contribution in [-0.4, -0.2) is 11.5 Å². The molecule has 3 rings (SSSR count). The molecule has 1 aromatic heterocycles. The lowest BCUT2D eigenvalue weighted by atomic mass is 9.78. The van der Waals surface area contributed by atoms with Crippen LogP contribution in [0.2, 0.25) is 0 Å². The van der Waals surface area contributed by atoms with Crippen molar-refractivity contribution in [3.63, 3.8) is 0 Å². The van der Waals surface area contributed by atoms with E-state index in [2.05, 4.69) is 29.4 Å². The summed E-state index contributed by atoms with van der Waals surface area (Å²) in [5, 5.41) is 12.8. The van der Waals surface area contributed by atoms with Gasteiger partial charge in [0.2, 0.25) is 0 Å². The number of aromatic nitrogens is 1. The molecular formula is C24H26F3N3. The number of nitrogens with one attached hydrogen (secondary N) is 1. The number of pyridine rings is 1. The van der Waals surface area contributed by atoms with Crippen LogP contribution in [0.15, 0.2) is 36.2 Å². The highest BCUT2D eigenvalue weighted by atomic mass is 19.4. The Balaban J connectivity index is 2.18.